The lowest BCUT2D eigenvalue weighted by Gasteiger charge is -2.17. The largest absolute Gasteiger partial charge is 0.348 e. The zero-order valence-corrected chi connectivity index (χ0v) is 15.0. The number of aromatic amines is 1. The Morgan fingerprint density at radius 2 is 2.04 bits per heavy atom. The van der Waals surface area contributed by atoms with E-state index >= 15 is 0 Å². The molecule has 0 aliphatic carbocycles. The average Bonchev–Trinajstić information content (AvgIpc) is 3.23. The van der Waals surface area contributed by atoms with E-state index in [1.165, 1.54) is 17.9 Å². The van der Waals surface area contributed by atoms with Gasteiger partial charge in [0.1, 0.15) is 18.2 Å². The van der Waals surface area contributed by atoms with Crippen molar-refractivity contribution in [3.8, 4) is 11.6 Å². The van der Waals surface area contributed by atoms with Crippen LogP contribution in [0.1, 0.15) is 52.4 Å². The second kappa shape index (κ2) is 6.27. The van der Waals surface area contributed by atoms with Crippen LogP contribution in [0.25, 0.3) is 11.6 Å². The highest BCUT2D eigenvalue weighted by Crippen LogP contribution is 2.29. The van der Waals surface area contributed by atoms with Gasteiger partial charge in [-0.25, -0.2) is 9.97 Å². The van der Waals surface area contributed by atoms with Crippen molar-refractivity contribution in [1.29, 1.82) is 0 Å². The number of aromatic nitrogens is 7. The van der Waals surface area contributed by atoms with Crippen molar-refractivity contribution < 1.29 is 4.52 Å². The Hall–Kier alpha value is -2.36. The minimum atomic E-state index is -0.171. The molecule has 1 atom stereocenters. The van der Waals surface area contributed by atoms with Crippen LogP contribution in [-0.2, 0) is 5.41 Å². The van der Waals surface area contributed by atoms with Crippen molar-refractivity contribution in [3.63, 3.8) is 0 Å². The lowest BCUT2D eigenvalue weighted by atomic mass is 9.96. The molecule has 3 aromatic rings. The van der Waals surface area contributed by atoms with E-state index in [1.807, 2.05) is 0 Å². The van der Waals surface area contributed by atoms with Gasteiger partial charge in [-0.2, -0.15) is 14.5 Å². The third-order valence-electron chi connectivity index (χ3n) is 3.38. The fourth-order valence-corrected chi connectivity index (χ4v) is 2.80. The van der Waals surface area contributed by atoms with Crippen LogP contribution in [0.15, 0.2) is 10.9 Å². The maximum atomic E-state index is 5.40. The van der Waals surface area contributed by atoms with Gasteiger partial charge in [0.05, 0.1) is 0 Å². The fraction of sp³-hybridized carbons (Fsp3) is 0.571. The van der Waals surface area contributed by atoms with Crippen molar-refractivity contribution in [3.05, 3.63) is 18.0 Å². The van der Waals surface area contributed by atoms with Crippen molar-refractivity contribution in [2.75, 3.05) is 5.32 Å². The van der Waals surface area contributed by atoms with Gasteiger partial charge in [-0.05, 0) is 5.92 Å². The van der Waals surface area contributed by atoms with Crippen molar-refractivity contribution >= 4 is 16.7 Å². The van der Waals surface area contributed by atoms with Gasteiger partial charge in [0, 0.05) is 16.9 Å². The second-order valence-electron chi connectivity index (χ2n) is 6.83. The summed E-state index contributed by atoms with van der Waals surface area (Å²) in [7, 11) is 0. The van der Waals surface area contributed by atoms with E-state index in [4.69, 9.17) is 4.52 Å². The Labute approximate surface area is 143 Å². The maximum Gasteiger partial charge on any atom is 0.249 e. The maximum absolute atomic E-state index is 5.40. The van der Waals surface area contributed by atoms with Crippen LogP contribution >= 0.6 is 11.5 Å². The summed E-state index contributed by atoms with van der Waals surface area (Å²) < 4.78 is 9.82. The number of hydrogen-bond donors (Lipinski definition) is 2. The van der Waals surface area contributed by atoms with Crippen molar-refractivity contribution in [2.24, 2.45) is 5.92 Å². The second-order valence-corrected chi connectivity index (χ2v) is 7.58. The molecule has 10 heteroatoms. The first kappa shape index (κ1) is 16.5. The van der Waals surface area contributed by atoms with E-state index in [2.05, 4.69) is 74.6 Å². The molecule has 0 aliphatic rings. The van der Waals surface area contributed by atoms with Crippen LogP contribution in [0.3, 0.4) is 0 Å². The molecule has 1 unspecified atom stereocenters. The molecule has 0 aliphatic heterocycles. The van der Waals surface area contributed by atoms with Crippen LogP contribution in [0, 0.1) is 5.92 Å². The van der Waals surface area contributed by atoms with E-state index in [-0.39, 0.29) is 17.4 Å². The molecule has 0 saturated heterocycles. The Morgan fingerprint density at radius 3 is 2.62 bits per heavy atom. The zero-order valence-electron chi connectivity index (χ0n) is 14.2. The van der Waals surface area contributed by atoms with Gasteiger partial charge in [-0.15, -0.1) is 0 Å². The minimum absolute atomic E-state index is 0.0896. The molecular formula is C14H20N8OS. The predicted octanol–water partition coefficient (Wildman–Crippen LogP) is 2.81. The molecule has 0 aromatic carbocycles. The van der Waals surface area contributed by atoms with E-state index in [0.29, 0.717) is 17.5 Å². The Balaban J connectivity index is 1.82. The molecule has 128 valence electrons. The number of H-pyrrole nitrogens is 1. The molecule has 0 saturated carbocycles. The van der Waals surface area contributed by atoms with Crippen LogP contribution in [-0.4, -0.2) is 34.7 Å². The summed E-state index contributed by atoms with van der Waals surface area (Å²) in [5.74, 6) is 2.35. The number of hydrogen-bond acceptors (Lipinski definition) is 9. The highest BCUT2D eigenvalue weighted by molar-refractivity contribution is 7.09. The van der Waals surface area contributed by atoms with E-state index in [1.54, 1.807) is 0 Å². The van der Waals surface area contributed by atoms with Crippen molar-refractivity contribution in [1.82, 2.24) is 34.7 Å². The number of rotatable bonds is 5. The van der Waals surface area contributed by atoms with Crippen LogP contribution in [0.4, 0.5) is 5.13 Å². The molecule has 3 aromatic heterocycles. The molecule has 0 fully saturated rings. The predicted molar refractivity (Wildman–Crippen MR) is 89.5 cm³/mol. The first-order valence-corrected chi connectivity index (χ1v) is 8.42. The van der Waals surface area contributed by atoms with Crippen molar-refractivity contribution in [2.45, 2.75) is 46.1 Å². The Kier molecular flexibility index (Phi) is 4.31. The molecule has 3 heterocycles. The normalized spacial score (nSPS) is 13.4. The monoisotopic (exact) mass is 348 g/mol. The lowest BCUT2D eigenvalue weighted by Crippen LogP contribution is -2.18. The topological polar surface area (TPSA) is 118 Å². The molecule has 0 radical (unpaired) electrons. The molecule has 24 heavy (non-hydrogen) atoms. The SMILES string of the molecule is CC(C)C(Nc1nc(C(C)(C)C)ns1)c1nc(-c2ncn[nH]2)no1. The van der Waals surface area contributed by atoms with Gasteiger partial charge in [0.25, 0.3) is 0 Å². The fourth-order valence-electron chi connectivity index (χ4n) is 2.00. The standard InChI is InChI=1S/C14H20N8OS/c1-7(2)8(17-13-19-12(22-24-13)14(3,4)5)11-18-10(21-23-11)9-15-6-16-20-9/h6-8H,1-5H3,(H,15,16,20)(H,17,19,22). The first-order valence-electron chi connectivity index (χ1n) is 7.64. The molecular weight excluding hydrogens is 328 g/mol. The van der Waals surface area contributed by atoms with E-state index in [0.717, 1.165) is 11.0 Å². The first-order chi connectivity index (χ1) is 11.3. The quantitative estimate of drug-likeness (QED) is 0.722. The summed E-state index contributed by atoms with van der Waals surface area (Å²) in [6, 6.07) is -0.171. The number of anilines is 1. The summed E-state index contributed by atoms with van der Waals surface area (Å²) in [5.41, 5.74) is -0.0896. The summed E-state index contributed by atoms with van der Waals surface area (Å²) >= 11 is 1.33. The third kappa shape index (κ3) is 3.42. The summed E-state index contributed by atoms with van der Waals surface area (Å²) in [6.07, 6.45) is 1.40. The highest BCUT2D eigenvalue weighted by atomic mass is 32.1. The van der Waals surface area contributed by atoms with E-state index < -0.39 is 0 Å². The number of nitrogens with zero attached hydrogens (tertiary/aromatic N) is 6. The van der Waals surface area contributed by atoms with Crippen LogP contribution in [0.5, 0.6) is 0 Å². The zero-order chi connectivity index (χ0) is 17.3. The average molecular weight is 348 g/mol. The Bertz CT molecular complexity index is 786. The van der Waals surface area contributed by atoms with Crippen LogP contribution < -0.4 is 5.32 Å². The summed E-state index contributed by atoms with van der Waals surface area (Å²) in [6.45, 7) is 10.4. The van der Waals surface area contributed by atoms with E-state index in [9.17, 15) is 0 Å². The molecule has 0 bridgehead atoms. The molecule has 3 rings (SSSR count). The number of nitrogens with one attached hydrogen (secondary N) is 2. The van der Waals surface area contributed by atoms with Gasteiger partial charge in [-0.3, -0.25) is 5.10 Å². The Morgan fingerprint density at radius 1 is 1.25 bits per heavy atom. The van der Waals surface area contributed by atoms with Crippen LogP contribution in [0.2, 0.25) is 0 Å². The summed E-state index contributed by atoms with van der Waals surface area (Å²) in [5, 5.41) is 14.5. The minimum Gasteiger partial charge on any atom is -0.348 e. The molecule has 0 spiro atoms. The van der Waals surface area contributed by atoms with Gasteiger partial charge in [0.15, 0.2) is 5.82 Å². The van der Waals surface area contributed by atoms with Gasteiger partial charge in [0.2, 0.25) is 16.8 Å². The molecule has 9 nitrogen and oxygen atoms in total. The van der Waals surface area contributed by atoms with Gasteiger partial charge < -0.3 is 9.84 Å². The third-order valence-corrected chi connectivity index (χ3v) is 4.02. The highest BCUT2D eigenvalue weighted by Gasteiger charge is 2.26. The molecule has 2 N–H and O–H groups in total. The smallest absolute Gasteiger partial charge is 0.249 e. The molecule has 0 amide bonds. The lowest BCUT2D eigenvalue weighted by molar-refractivity contribution is 0.336. The summed E-state index contributed by atoms with van der Waals surface area (Å²) in [4.78, 5) is 13.0. The van der Waals surface area contributed by atoms with Gasteiger partial charge >= 0.3 is 0 Å². The van der Waals surface area contributed by atoms with Gasteiger partial charge in [-0.1, -0.05) is 39.8 Å².